The Morgan fingerprint density at radius 3 is 2.42 bits per heavy atom. The van der Waals surface area contributed by atoms with Crippen molar-refractivity contribution in [1.29, 1.82) is 0 Å². The summed E-state index contributed by atoms with van der Waals surface area (Å²) in [6, 6.07) is 1.05. The van der Waals surface area contributed by atoms with Gasteiger partial charge in [-0.3, -0.25) is 19.6 Å². The van der Waals surface area contributed by atoms with E-state index in [0.29, 0.717) is 16.7 Å². The normalized spacial score (nSPS) is 11.9. The fourth-order valence-electron chi connectivity index (χ4n) is 2.05. The number of aromatic nitrogens is 4. The van der Waals surface area contributed by atoms with Crippen LogP contribution in [0.2, 0.25) is 0 Å². The van der Waals surface area contributed by atoms with Crippen LogP contribution in [0.4, 0.5) is 10.3 Å². The molecule has 0 aliphatic rings. The van der Waals surface area contributed by atoms with Crippen molar-refractivity contribution in [2.75, 3.05) is 10.6 Å². The molecular formula is C14H14N6O2S2. The minimum Gasteiger partial charge on any atom is -0.300 e. The van der Waals surface area contributed by atoms with E-state index in [1.54, 1.807) is 35.4 Å². The monoisotopic (exact) mass is 362 g/mol. The van der Waals surface area contributed by atoms with Crippen molar-refractivity contribution in [2.24, 2.45) is 0 Å². The van der Waals surface area contributed by atoms with Gasteiger partial charge in [-0.1, -0.05) is 6.92 Å². The molecule has 10 heteroatoms. The highest BCUT2D eigenvalue weighted by atomic mass is 32.1. The second-order valence-electron chi connectivity index (χ2n) is 4.72. The first kappa shape index (κ1) is 16.3. The summed E-state index contributed by atoms with van der Waals surface area (Å²) in [6.45, 7) is 1.88. The van der Waals surface area contributed by atoms with E-state index < -0.39 is 6.04 Å². The molecule has 8 nitrogen and oxygen atoms in total. The van der Waals surface area contributed by atoms with E-state index in [1.807, 2.05) is 6.92 Å². The minimum absolute atomic E-state index is 0.220. The number of nitrogens with one attached hydrogen (secondary N) is 2. The third-order valence-electron chi connectivity index (χ3n) is 3.16. The Morgan fingerprint density at radius 2 is 1.83 bits per heavy atom. The summed E-state index contributed by atoms with van der Waals surface area (Å²) in [6.07, 6.45) is 5.38. The highest BCUT2D eigenvalue weighted by Gasteiger charge is 2.21. The topological polar surface area (TPSA) is 102 Å². The fraction of sp³-hybridized carbons (Fsp3) is 0.214. The van der Waals surface area contributed by atoms with E-state index in [2.05, 4.69) is 25.7 Å². The Hall–Kier alpha value is -2.59. The number of carbonyl (C=O) groups excluding carboxylic acids is 2. The van der Waals surface area contributed by atoms with Gasteiger partial charge in [0.1, 0.15) is 6.04 Å². The molecule has 0 fully saturated rings. The van der Waals surface area contributed by atoms with Crippen LogP contribution in [0.5, 0.6) is 0 Å². The number of nitrogens with zero attached hydrogens (tertiary/aromatic N) is 4. The molecule has 0 saturated heterocycles. The first-order valence-electron chi connectivity index (χ1n) is 7.13. The molecule has 3 aromatic heterocycles. The lowest BCUT2D eigenvalue weighted by molar-refractivity contribution is -0.119. The summed E-state index contributed by atoms with van der Waals surface area (Å²) in [5.74, 6) is -0.582. The van der Waals surface area contributed by atoms with Crippen LogP contribution >= 0.6 is 22.7 Å². The molecule has 2 N–H and O–H groups in total. The molecule has 0 spiro atoms. The molecular weight excluding hydrogens is 348 g/mol. The zero-order chi connectivity index (χ0) is 16.9. The molecule has 1 atom stereocenters. The number of rotatable bonds is 6. The molecule has 2 amide bonds. The van der Waals surface area contributed by atoms with Crippen LogP contribution in [0.3, 0.4) is 0 Å². The van der Waals surface area contributed by atoms with Crippen molar-refractivity contribution in [3.63, 3.8) is 0 Å². The molecule has 0 unspecified atom stereocenters. The van der Waals surface area contributed by atoms with Gasteiger partial charge >= 0.3 is 0 Å². The molecule has 0 radical (unpaired) electrons. The van der Waals surface area contributed by atoms with Crippen molar-refractivity contribution in [3.8, 4) is 0 Å². The Kier molecular flexibility index (Phi) is 4.96. The number of hydrogen-bond acceptors (Lipinski definition) is 7. The van der Waals surface area contributed by atoms with E-state index >= 15 is 0 Å². The SMILES string of the molecule is CC[C@H](C(=O)Nc1nccs1)n1ccc(C(=O)Nc2nccs2)n1. The summed E-state index contributed by atoms with van der Waals surface area (Å²) in [7, 11) is 0. The van der Waals surface area contributed by atoms with Crippen molar-refractivity contribution in [2.45, 2.75) is 19.4 Å². The van der Waals surface area contributed by atoms with Gasteiger partial charge < -0.3 is 5.32 Å². The predicted octanol–water partition coefficient (Wildman–Crippen LogP) is 2.64. The van der Waals surface area contributed by atoms with Crippen LogP contribution in [-0.2, 0) is 4.79 Å². The van der Waals surface area contributed by atoms with E-state index in [1.165, 1.54) is 27.4 Å². The standard InChI is InChI=1S/C14H14N6O2S2/c1-2-10(12(22)18-14-16-5-8-24-14)20-6-3-9(19-20)11(21)17-13-15-4-7-23-13/h3-8,10H,2H2,1H3,(H,15,17,21)(H,16,18,22)/t10-/m1/s1. The zero-order valence-corrected chi connectivity index (χ0v) is 14.3. The summed E-state index contributed by atoms with van der Waals surface area (Å²) in [4.78, 5) is 32.5. The molecule has 3 aromatic rings. The molecule has 24 heavy (non-hydrogen) atoms. The van der Waals surface area contributed by atoms with Crippen LogP contribution in [0.15, 0.2) is 35.4 Å². The van der Waals surface area contributed by atoms with E-state index in [4.69, 9.17) is 0 Å². The molecule has 0 aliphatic carbocycles. The number of hydrogen-bond donors (Lipinski definition) is 2. The Morgan fingerprint density at radius 1 is 1.17 bits per heavy atom. The first-order valence-corrected chi connectivity index (χ1v) is 8.89. The quantitative estimate of drug-likeness (QED) is 0.702. The van der Waals surface area contributed by atoms with Gasteiger partial charge in [0.05, 0.1) is 0 Å². The molecule has 0 aromatic carbocycles. The highest BCUT2D eigenvalue weighted by Crippen LogP contribution is 2.17. The second-order valence-corrected chi connectivity index (χ2v) is 6.51. The fourth-order valence-corrected chi connectivity index (χ4v) is 3.10. The Balaban J connectivity index is 1.70. The lowest BCUT2D eigenvalue weighted by Gasteiger charge is -2.14. The summed E-state index contributed by atoms with van der Waals surface area (Å²) >= 11 is 2.67. The largest absolute Gasteiger partial charge is 0.300 e. The van der Waals surface area contributed by atoms with Crippen molar-refractivity contribution >= 4 is 44.8 Å². The van der Waals surface area contributed by atoms with Gasteiger partial charge in [-0.05, 0) is 12.5 Å². The molecule has 3 rings (SSSR count). The maximum atomic E-state index is 12.4. The molecule has 124 valence electrons. The lowest BCUT2D eigenvalue weighted by atomic mass is 10.2. The highest BCUT2D eigenvalue weighted by molar-refractivity contribution is 7.14. The van der Waals surface area contributed by atoms with Gasteiger partial charge in [-0.15, -0.1) is 22.7 Å². The lowest BCUT2D eigenvalue weighted by Crippen LogP contribution is -2.26. The van der Waals surface area contributed by atoms with Gasteiger partial charge in [0.2, 0.25) is 0 Å². The first-order chi connectivity index (χ1) is 11.7. The number of carbonyl (C=O) groups is 2. The van der Waals surface area contributed by atoms with E-state index in [-0.39, 0.29) is 17.5 Å². The van der Waals surface area contributed by atoms with Crippen molar-refractivity contribution in [1.82, 2.24) is 19.7 Å². The third kappa shape index (κ3) is 3.66. The second kappa shape index (κ2) is 7.32. The average Bonchev–Trinajstić information content (AvgIpc) is 3.29. The maximum absolute atomic E-state index is 12.4. The number of anilines is 2. The van der Waals surface area contributed by atoms with Gasteiger partial charge in [0.25, 0.3) is 11.8 Å². The minimum atomic E-state index is -0.518. The third-order valence-corrected chi connectivity index (χ3v) is 4.54. The van der Waals surface area contributed by atoms with E-state index in [9.17, 15) is 9.59 Å². The van der Waals surface area contributed by atoms with Crippen LogP contribution in [0, 0.1) is 0 Å². The molecule has 3 heterocycles. The summed E-state index contributed by atoms with van der Waals surface area (Å²) < 4.78 is 1.49. The van der Waals surface area contributed by atoms with Crippen LogP contribution < -0.4 is 10.6 Å². The Labute approximate surface area is 145 Å². The maximum Gasteiger partial charge on any atom is 0.277 e. The van der Waals surface area contributed by atoms with Gasteiger partial charge in [-0.2, -0.15) is 5.10 Å². The van der Waals surface area contributed by atoms with Crippen LogP contribution in [-0.4, -0.2) is 31.6 Å². The van der Waals surface area contributed by atoms with Gasteiger partial charge in [-0.25, -0.2) is 9.97 Å². The van der Waals surface area contributed by atoms with Crippen LogP contribution in [0.25, 0.3) is 0 Å². The summed E-state index contributed by atoms with van der Waals surface area (Å²) in [5, 5.41) is 14.2. The smallest absolute Gasteiger partial charge is 0.277 e. The molecule has 0 saturated carbocycles. The average molecular weight is 362 g/mol. The summed E-state index contributed by atoms with van der Waals surface area (Å²) in [5.41, 5.74) is 0.227. The van der Waals surface area contributed by atoms with Crippen molar-refractivity contribution in [3.05, 3.63) is 41.1 Å². The zero-order valence-electron chi connectivity index (χ0n) is 12.7. The van der Waals surface area contributed by atoms with Crippen LogP contribution in [0.1, 0.15) is 29.9 Å². The predicted molar refractivity (Wildman–Crippen MR) is 92.4 cm³/mol. The van der Waals surface area contributed by atoms with Gasteiger partial charge in [0, 0.05) is 29.4 Å². The van der Waals surface area contributed by atoms with Crippen molar-refractivity contribution < 1.29 is 9.59 Å². The number of amides is 2. The Bertz CT molecular complexity index is 812. The van der Waals surface area contributed by atoms with Gasteiger partial charge in [0.15, 0.2) is 16.0 Å². The van der Waals surface area contributed by atoms with E-state index in [0.717, 1.165) is 0 Å². The number of thiazole rings is 2. The molecule has 0 bridgehead atoms. The molecule has 0 aliphatic heterocycles.